The number of alkyl halides is 2. The second-order valence-electron chi connectivity index (χ2n) is 5.38. The standard InChI is InChI=1S/C15H19ClF2N2/c1-10(2)6-19-7-11-8-20(9-15(17)18)14-5-12(16)3-4-13(11)14/h3-5,8,10,15,19H,6-7,9H2,1-2H3. The number of hydrogen-bond donors (Lipinski definition) is 1. The number of benzene rings is 1. The van der Waals surface area contributed by atoms with Crippen LogP contribution in [-0.4, -0.2) is 17.5 Å². The van der Waals surface area contributed by atoms with Gasteiger partial charge in [0.25, 0.3) is 6.43 Å². The Kier molecular flexibility index (Phi) is 5.00. The first-order chi connectivity index (χ1) is 9.47. The molecule has 1 heterocycles. The van der Waals surface area contributed by atoms with Gasteiger partial charge in [-0.15, -0.1) is 0 Å². The van der Waals surface area contributed by atoms with Crippen LogP contribution in [-0.2, 0) is 13.1 Å². The summed E-state index contributed by atoms with van der Waals surface area (Å²) in [5, 5.41) is 4.88. The predicted molar refractivity (Wildman–Crippen MR) is 79.5 cm³/mol. The largest absolute Gasteiger partial charge is 0.341 e. The van der Waals surface area contributed by atoms with E-state index in [0.717, 1.165) is 23.0 Å². The molecule has 0 saturated carbocycles. The molecule has 0 radical (unpaired) electrons. The summed E-state index contributed by atoms with van der Waals surface area (Å²) in [5.74, 6) is 0.554. The van der Waals surface area contributed by atoms with E-state index in [2.05, 4.69) is 19.2 Å². The van der Waals surface area contributed by atoms with E-state index in [1.165, 1.54) is 0 Å². The number of halogens is 3. The zero-order chi connectivity index (χ0) is 14.7. The number of hydrogen-bond acceptors (Lipinski definition) is 1. The van der Waals surface area contributed by atoms with Gasteiger partial charge in [0, 0.05) is 23.2 Å². The first kappa shape index (κ1) is 15.3. The van der Waals surface area contributed by atoms with Crippen molar-refractivity contribution >= 4 is 22.5 Å². The molecule has 1 aromatic carbocycles. The number of fused-ring (bicyclic) bond motifs is 1. The molecule has 0 aliphatic heterocycles. The predicted octanol–water partition coefficient (Wildman–Crippen LogP) is 4.31. The Hall–Kier alpha value is -1.13. The van der Waals surface area contributed by atoms with E-state index >= 15 is 0 Å². The van der Waals surface area contributed by atoms with Crippen LogP contribution >= 0.6 is 11.6 Å². The maximum Gasteiger partial charge on any atom is 0.256 e. The third kappa shape index (κ3) is 3.70. The number of aromatic nitrogens is 1. The van der Waals surface area contributed by atoms with Crippen molar-refractivity contribution in [1.82, 2.24) is 9.88 Å². The monoisotopic (exact) mass is 300 g/mol. The van der Waals surface area contributed by atoms with Gasteiger partial charge in [0.05, 0.1) is 12.1 Å². The summed E-state index contributed by atoms with van der Waals surface area (Å²) in [7, 11) is 0. The average Bonchev–Trinajstić information content (AvgIpc) is 2.66. The normalized spacial score (nSPS) is 11.9. The smallest absolute Gasteiger partial charge is 0.256 e. The highest BCUT2D eigenvalue weighted by Crippen LogP contribution is 2.25. The fourth-order valence-corrected chi connectivity index (χ4v) is 2.44. The summed E-state index contributed by atoms with van der Waals surface area (Å²) >= 11 is 5.97. The number of nitrogens with one attached hydrogen (secondary N) is 1. The van der Waals surface area contributed by atoms with Crippen LogP contribution in [0.2, 0.25) is 5.02 Å². The molecule has 5 heteroatoms. The maximum absolute atomic E-state index is 12.6. The quantitative estimate of drug-likeness (QED) is 0.841. The van der Waals surface area contributed by atoms with Crippen molar-refractivity contribution < 1.29 is 8.78 Å². The molecule has 2 rings (SSSR count). The topological polar surface area (TPSA) is 17.0 Å². The molecule has 20 heavy (non-hydrogen) atoms. The molecular formula is C15H19ClF2N2. The van der Waals surface area contributed by atoms with E-state index in [-0.39, 0.29) is 6.54 Å². The third-order valence-electron chi connectivity index (χ3n) is 3.13. The van der Waals surface area contributed by atoms with Gasteiger partial charge < -0.3 is 9.88 Å². The van der Waals surface area contributed by atoms with Crippen LogP contribution in [0.5, 0.6) is 0 Å². The molecule has 0 aliphatic rings. The summed E-state index contributed by atoms with van der Waals surface area (Å²) in [4.78, 5) is 0. The van der Waals surface area contributed by atoms with Gasteiger partial charge in [0.2, 0.25) is 0 Å². The molecule has 1 aromatic heterocycles. The summed E-state index contributed by atoms with van der Waals surface area (Å²) in [6, 6.07) is 5.43. The van der Waals surface area contributed by atoms with Gasteiger partial charge in [-0.3, -0.25) is 0 Å². The Morgan fingerprint density at radius 1 is 1.30 bits per heavy atom. The molecule has 0 aliphatic carbocycles. The molecule has 0 bridgehead atoms. The van der Waals surface area contributed by atoms with Gasteiger partial charge in [0.1, 0.15) is 0 Å². The van der Waals surface area contributed by atoms with Crippen molar-refractivity contribution in [3.8, 4) is 0 Å². The van der Waals surface area contributed by atoms with Crippen molar-refractivity contribution in [2.75, 3.05) is 6.54 Å². The van der Waals surface area contributed by atoms with Crippen molar-refractivity contribution in [1.29, 1.82) is 0 Å². The van der Waals surface area contributed by atoms with Crippen LogP contribution in [0.15, 0.2) is 24.4 Å². The fraction of sp³-hybridized carbons (Fsp3) is 0.467. The van der Waals surface area contributed by atoms with Gasteiger partial charge in [-0.1, -0.05) is 31.5 Å². The SMILES string of the molecule is CC(C)CNCc1cn(CC(F)F)c2cc(Cl)ccc12. The van der Waals surface area contributed by atoms with Crippen molar-refractivity contribution in [2.45, 2.75) is 33.4 Å². The molecule has 0 fully saturated rings. The van der Waals surface area contributed by atoms with Crippen molar-refractivity contribution in [3.63, 3.8) is 0 Å². The minimum atomic E-state index is -2.37. The Bertz CT molecular complexity index is 579. The molecule has 0 atom stereocenters. The van der Waals surface area contributed by atoms with E-state index < -0.39 is 6.43 Å². The Morgan fingerprint density at radius 3 is 2.70 bits per heavy atom. The molecule has 0 amide bonds. The van der Waals surface area contributed by atoms with Crippen LogP contribution in [0.1, 0.15) is 19.4 Å². The fourth-order valence-electron chi connectivity index (χ4n) is 2.28. The lowest BCUT2D eigenvalue weighted by Gasteiger charge is -2.06. The summed E-state index contributed by atoms with van der Waals surface area (Å²) in [6.45, 7) is 5.53. The molecule has 0 unspecified atom stereocenters. The second kappa shape index (κ2) is 6.55. The average molecular weight is 301 g/mol. The zero-order valence-corrected chi connectivity index (χ0v) is 12.4. The molecule has 1 N–H and O–H groups in total. The van der Waals surface area contributed by atoms with Gasteiger partial charge in [-0.05, 0) is 30.2 Å². The highest BCUT2D eigenvalue weighted by molar-refractivity contribution is 6.31. The Labute approximate surface area is 122 Å². The highest BCUT2D eigenvalue weighted by atomic mass is 35.5. The lowest BCUT2D eigenvalue weighted by Crippen LogP contribution is -2.18. The van der Waals surface area contributed by atoms with Crippen LogP contribution in [0, 0.1) is 5.92 Å². The zero-order valence-electron chi connectivity index (χ0n) is 11.7. The van der Waals surface area contributed by atoms with Crippen LogP contribution in [0.4, 0.5) is 8.78 Å². The van der Waals surface area contributed by atoms with Crippen LogP contribution in [0.3, 0.4) is 0 Å². The van der Waals surface area contributed by atoms with E-state index in [9.17, 15) is 8.78 Å². The van der Waals surface area contributed by atoms with Crippen LogP contribution < -0.4 is 5.32 Å². The second-order valence-corrected chi connectivity index (χ2v) is 5.82. The van der Waals surface area contributed by atoms with Gasteiger partial charge in [-0.25, -0.2) is 8.78 Å². The molecule has 0 saturated heterocycles. The lowest BCUT2D eigenvalue weighted by molar-refractivity contribution is 0.128. The highest BCUT2D eigenvalue weighted by Gasteiger charge is 2.12. The third-order valence-corrected chi connectivity index (χ3v) is 3.36. The van der Waals surface area contributed by atoms with Crippen molar-refractivity contribution in [2.24, 2.45) is 5.92 Å². The van der Waals surface area contributed by atoms with Gasteiger partial charge >= 0.3 is 0 Å². The van der Waals surface area contributed by atoms with E-state index in [1.54, 1.807) is 22.9 Å². The molecule has 2 aromatic rings. The van der Waals surface area contributed by atoms with E-state index in [4.69, 9.17) is 11.6 Å². The first-order valence-corrected chi connectivity index (χ1v) is 7.11. The minimum Gasteiger partial charge on any atom is -0.341 e. The first-order valence-electron chi connectivity index (χ1n) is 6.73. The van der Waals surface area contributed by atoms with Gasteiger partial charge in [0.15, 0.2) is 0 Å². The Balaban J connectivity index is 2.29. The summed E-state index contributed by atoms with van der Waals surface area (Å²) in [5.41, 5.74) is 1.79. The lowest BCUT2D eigenvalue weighted by atomic mass is 10.1. The van der Waals surface area contributed by atoms with E-state index in [0.29, 0.717) is 17.5 Å². The molecule has 110 valence electrons. The van der Waals surface area contributed by atoms with E-state index in [1.807, 2.05) is 6.07 Å². The maximum atomic E-state index is 12.6. The number of rotatable bonds is 6. The molecule has 0 spiro atoms. The Morgan fingerprint density at radius 2 is 2.05 bits per heavy atom. The van der Waals surface area contributed by atoms with Gasteiger partial charge in [-0.2, -0.15) is 0 Å². The van der Waals surface area contributed by atoms with Crippen molar-refractivity contribution in [3.05, 3.63) is 35.0 Å². The minimum absolute atomic E-state index is 0.305. The molecular weight excluding hydrogens is 282 g/mol. The van der Waals surface area contributed by atoms with Crippen LogP contribution in [0.25, 0.3) is 10.9 Å². The number of nitrogens with zero attached hydrogens (tertiary/aromatic N) is 1. The summed E-state index contributed by atoms with van der Waals surface area (Å²) in [6.07, 6.45) is -0.582. The molecule has 2 nitrogen and oxygen atoms in total. The summed E-state index contributed by atoms with van der Waals surface area (Å²) < 4.78 is 26.9.